The number of carbonyl (C=O) groups excluding carboxylic acids is 1. The highest BCUT2D eigenvalue weighted by Gasteiger charge is 2.37. The topological polar surface area (TPSA) is 55.3 Å². The number of amides is 1. The highest BCUT2D eigenvalue weighted by molar-refractivity contribution is 5.95. The fourth-order valence-electron chi connectivity index (χ4n) is 3.29. The second-order valence-corrected chi connectivity index (χ2v) is 7.05. The number of pyridine rings is 2. The first-order valence-corrected chi connectivity index (χ1v) is 9.58. The van der Waals surface area contributed by atoms with Gasteiger partial charge in [0.15, 0.2) is 0 Å². The van der Waals surface area contributed by atoms with E-state index in [1.807, 2.05) is 66.4 Å². The Labute approximate surface area is 165 Å². The van der Waals surface area contributed by atoms with Gasteiger partial charge in [-0.3, -0.25) is 14.8 Å². The molecule has 1 saturated carbocycles. The minimum absolute atomic E-state index is 0.0208. The number of hydrogen-bond acceptors (Lipinski definition) is 4. The number of hydrogen-bond donors (Lipinski definition) is 0. The summed E-state index contributed by atoms with van der Waals surface area (Å²) in [5.74, 6) is 0.698. The van der Waals surface area contributed by atoms with Gasteiger partial charge in [-0.2, -0.15) is 0 Å². The monoisotopic (exact) mass is 373 g/mol. The van der Waals surface area contributed by atoms with Crippen LogP contribution >= 0.6 is 0 Å². The van der Waals surface area contributed by atoms with Crippen molar-refractivity contribution in [3.63, 3.8) is 0 Å². The molecule has 0 bridgehead atoms. The second kappa shape index (κ2) is 8.21. The molecule has 5 nitrogen and oxygen atoms in total. The molecule has 1 aliphatic rings. The van der Waals surface area contributed by atoms with Crippen LogP contribution in [0.4, 0.5) is 0 Å². The lowest BCUT2D eigenvalue weighted by Gasteiger charge is -2.29. The van der Waals surface area contributed by atoms with E-state index in [1.165, 1.54) is 0 Å². The number of benzene rings is 1. The molecule has 4 rings (SSSR count). The Morgan fingerprint density at radius 2 is 2.04 bits per heavy atom. The number of aromatic nitrogens is 2. The van der Waals surface area contributed by atoms with Crippen molar-refractivity contribution in [2.45, 2.75) is 38.5 Å². The molecule has 1 amide bonds. The summed E-state index contributed by atoms with van der Waals surface area (Å²) in [6.45, 7) is 2.46. The Kier molecular flexibility index (Phi) is 5.33. The molecule has 1 aliphatic carbocycles. The third-order valence-electron chi connectivity index (χ3n) is 4.92. The SMILES string of the molecule is C[C@@H](c1ccccn1)N(C(=O)c1cccc(OCc2cccnc2)c1)C1CC1. The maximum absolute atomic E-state index is 13.3. The molecule has 0 spiro atoms. The van der Waals surface area contributed by atoms with Crippen LogP contribution in [0.3, 0.4) is 0 Å². The Balaban J connectivity index is 1.51. The van der Waals surface area contributed by atoms with E-state index in [1.54, 1.807) is 18.6 Å². The van der Waals surface area contributed by atoms with Gasteiger partial charge in [0.25, 0.3) is 5.91 Å². The van der Waals surface area contributed by atoms with E-state index in [9.17, 15) is 4.79 Å². The van der Waals surface area contributed by atoms with Gasteiger partial charge < -0.3 is 9.64 Å². The first-order valence-electron chi connectivity index (χ1n) is 9.58. The lowest BCUT2D eigenvalue weighted by atomic mass is 10.1. The molecule has 3 aromatic rings. The number of carbonyl (C=O) groups is 1. The van der Waals surface area contributed by atoms with Crippen molar-refractivity contribution in [3.8, 4) is 5.75 Å². The van der Waals surface area contributed by atoms with Crippen LogP contribution < -0.4 is 4.74 Å². The standard InChI is InChI=1S/C23H23N3O2/c1-17(22-9-2-3-13-25-22)26(20-10-11-20)23(27)19-7-4-8-21(14-19)28-16-18-6-5-12-24-15-18/h2-9,12-15,17,20H,10-11,16H2,1H3/t17-/m0/s1. The van der Waals surface area contributed by atoms with Crippen LogP contribution in [-0.4, -0.2) is 26.8 Å². The molecule has 0 saturated heterocycles. The van der Waals surface area contributed by atoms with Gasteiger partial charge in [-0.1, -0.05) is 18.2 Å². The van der Waals surface area contributed by atoms with Crippen molar-refractivity contribution in [1.82, 2.24) is 14.9 Å². The largest absolute Gasteiger partial charge is 0.489 e. The predicted molar refractivity (Wildman–Crippen MR) is 107 cm³/mol. The molecule has 1 atom stereocenters. The number of nitrogens with zero attached hydrogens (tertiary/aromatic N) is 3. The van der Waals surface area contributed by atoms with Crippen LogP contribution in [0.15, 0.2) is 73.2 Å². The van der Waals surface area contributed by atoms with E-state index in [2.05, 4.69) is 9.97 Å². The minimum Gasteiger partial charge on any atom is -0.489 e. The lowest BCUT2D eigenvalue weighted by molar-refractivity contribution is 0.0669. The quantitative estimate of drug-likeness (QED) is 0.615. The van der Waals surface area contributed by atoms with Crippen molar-refractivity contribution in [3.05, 3.63) is 90.0 Å². The van der Waals surface area contributed by atoms with Gasteiger partial charge in [0.05, 0.1) is 11.7 Å². The summed E-state index contributed by atoms with van der Waals surface area (Å²) in [4.78, 5) is 23.8. The van der Waals surface area contributed by atoms with E-state index < -0.39 is 0 Å². The molecule has 1 aromatic carbocycles. The molecule has 0 unspecified atom stereocenters. The van der Waals surface area contributed by atoms with E-state index in [0.29, 0.717) is 17.9 Å². The summed E-state index contributed by atoms with van der Waals surface area (Å²) in [6.07, 6.45) is 7.37. The number of rotatable bonds is 7. The summed E-state index contributed by atoms with van der Waals surface area (Å²) < 4.78 is 5.86. The molecule has 1 fully saturated rings. The molecule has 0 radical (unpaired) electrons. The van der Waals surface area contributed by atoms with Gasteiger partial charge in [0.1, 0.15) is 12.4 Å². The smallest absolute Gasteiger partial charge is 0.254 e. The van der Waals surface area contributed by atoms with Crippen molar-refractivity contribution in [1.29, 1.82) is 0 Å². The van der Waals surface area contributed by atoms with Crippen LogP contribution in [0.2, 0.25) is 0 Å². The molecule has 2 heterocycles. The summed E-state index contributed by atoms with van der Waals surface area (Å²) in [6, 6.07) is 17.3. The zero-order chi connectivity index (χ0) is 19.3. The predicted octanol–water partition coefficient (Wildman–Crippen LogP) is 4.42. The van der Waals surface area contributed by atoms with Gasteiger partial charge in [-0.05, 0) is 56.2 Å². The van der Waals surface area contributed by atoms with Gasteiger partial charge in [0.2, 0.25) is 0 Å². The molecular formula is C23H23N3O2. The van der Waals surface area contributed by atoms with Crippen molar-refractivity contribution < 1.29 is 9.53 Å². The van der Waals surface area contributed by atoms with Gasteiger partial charge >= 0.3 is 0 Å². The average Bonchev–Trinajstić information content (AvgIpc) is 3.59. The Hall–Kier alpha value is -3.21. The lowest BCUT2D eigenvalue weighted by Crippen LogP contribution is -2.35. The summed E-state index contributed by atoms with van der Waals surface area (Å²) >= 11 is 0. The molecule has 2 aromatic heterocycles. The van der Waals surface area contributed by atoms with Gasteiger partial charge in [-0.15, -0.1) is 0 Å². The first-order chi connectivity index (χ1) is 13.7. The van der Waals surface area contributed by atoms with E-state index in [-0.39, 0.29) is 18.0 Å². The molecule has 0 aliphatic heterocycles. The maximum Gasteiger partial charge on any atom is 0.254 e. The van der Waals surface area contributed by atoms with Crippen LogP contribution in [0.5, 0.6) is 5.75 Å². The molecule has 28 heavy (non-hydrogen) atoms. The van der Waals surface area contributed by atoms with E-state index in [0.717, 1.165) is 24.1 Å². The van der Waals surface area contributed by atoms with Gasteiger partial charge in [-0.25, -0.2) is 0 Å². The maximum atomic E-state index is 13.3. The van der Waals surface area contributed by atoms with Gasteiger partial charge in [0, 0.05) is 35.8 Å². The van der Waals surface area contributed by atoms with Crippen LogP contribution in [-0.2, 0) is 6.61 Å². The Morgan fingerprint density at radius 1 is 1.14 bits per heavy atom. The summed E-state index contributed by atoms with van der Waals surface area (Å²) in [5.41, 5.74) is 2.53. The zero-order valence-corrected chi connectivity index (χ0v) is 15.9. The minimum atomic E-state index is -0.0684. The molecule has 5 heteroatoms. The van der Waals surface area contributed by atoms with Crippen molar-refractivity contribution >= 4 is 5.91 Å². The normalized spacial score (nSPS) is 14.3. The third kappa shape index (κ3) is 4.19. The first kappa shape index (κ1) is 18.2. The molecular weight excluding hydrogens is 350 g/mol. The fourth-order valence-corrected chi connectivity index (χ4v) is 3.29. The number of ether oxygens (including phenoxy) is 1. The molecule has 0 N–H and O–H groups in total. The highest BCUT2D eigenvalue weighted by atomic mass is 16.5. The summed E-state index contributed by atoms with van der Waals surface area (Å²) in [5, 5.41) is 0. The van der Waals surface area contributed by atoms with E-state index >= 15 is 0 Å². The third-order valence-corrected chi connectivity index (χ3v) is 4.92. The summed E-state index contributed by atoms with van der Waals surface area (Å²) in [7, 11) is 0. The fraction of sp³-hybridized carbons (Fsp3) is 0.261. The van der Waals surface area contributed by atoms with Crippen LogP contribution in [0.25, 0.3) is 0 Å². The van der Waals surface area contributed by atoms with Crippen LogP contribution in [0.1, 0.15) is 47.4 Å². The van der Waals surface area contributed by atoms with Crippen molar-refractivity contribution in [2.24, 2.45) is 0 Å². The Morgan fingerprint density at radius 3 is 2.75 bits per heavy atom. The second-order valence-electron chi connectivity index (χ2n) is 7.05. The highest BCUT2D eigenvalue weighted by Crippen LogP contribution is 2.35. The Bertz CT molecular complexity index is 927. The van der Waals surface area contributed by atoms with E-state index in [4.69, 9.17) is 4.74 Å². The average molecular weight is 373 g/mol. The van der Waals surface area contributed by atoms with Crippen LogP contribution in [0, 0.1) is 0 Å². The van der Waals surface area contributed by atoms with Crippen molar-refractivity contribution in [2.75, 3.05) is 0 Å². The zero-order valence-electron chi connectivity index (χ0n) is 15.9. The molecule has 142 valence electrons.